The van der Waals surface area contributed by atoms with Crippen molar-refractivity contribution in [3.8, 4) is 0 Å². The molecule has 0 fully saturated rings. The van der Waals surface area contributed by atoms with E-state index in [1.807, 2.05) is 17.1 Å². The molecule has 0 bridgehead atoms. The highest BCUT2D eigenvalue weighted by Crippen LogP contribution is 2.20. The molecule has 19 heavy (non-hydrogen) atoms. The average Bonchev–Trinajstić information content (AvgIpc) is 2.38. The third-order valence-electron chi connectivity index (χ3n) is 3.67. The molecule has 0 N–H and O–H groups in total. The minimum absolute atomic E-state index is 0.201. The number of aromatic nitrogens is 1. The molecule has 0 aliphatic heterocycles. The molecular weight excluding hydrogens is 234 g/mol. The monoisotopic (exact) mass is 264 g/mol. The lowest BCUT2D eigenvalue weighted by Crippen LogP contribution is -2.44. The molecule has 0 spiro atoms. The first-order valence-corrected chi connectivity index (χ1v) is 7.62. The summed E-state index contributed by atoms with van der Waals surface area (Å²) < 4.78 is 1.84. The molecule has 2 heteroatoms. The fourth-order valence-corrected chi connectivity index (χ4v) is 2.09. The van der Waals surface area contributed by atoms with Gasteiger partial charge in [0.1, 0.15) is 0 Å². The van der Waals surface area contributed by atoms with Gasteiger partial charge in [-0.1, -0.05) is 47.5 Å². The maximum Gasteiger partial charge on any atom is 0.222 e. The van der Waals surface area contributed by atoms with Gasteiger partial charge in [-0.15, -0.1) is 0 Å². The van der Waals surface area contributed by atoms with E-state index in [-0.39, 0.29) is 5.41 Å². The van der Waals surface area contributed by atoms with Gasteiger partial charge in [0, 0.05) is 16.9 Å². The van der Waals surface area contributed by atoms with Crippen LogP contribution in [0.1, 0.15) is 65.9 Å². The van der Waals surface area contributed by atoms with Crippen LogP contribution in [-0.4, -0.2) is 6.61 Å². The molecule has 1 aromatic heterocycles. The van der Waals surface area contributed by atoms with Gasteiger partial charge in [-0.05, 0) is 29.7 Å². The highest BCUT2D eigenvalue weighted by Gasteiger charge is 2.16. The van der Waals surface area contributed by atoms with Gasteiger partial charge in [-0.25, -0.2) is 0 Å². The first-order valence-electron chi connectivity index (χ1n) is 7.62. The molecule has 0 radical (unpaired) electrons. The molecule has 0 aliphatic carbocycles. The Balaban J connectivity index is 2.49. The summed E-state index contributed by atoms with van der Waals surface area (Å²) in [5, 5.41) is 0. The van der Waals surface area contributed by atoms with Gasteiger partial charge in [0.25, 0.3) is 0 Å². The molecule has 1 rings (SSSR count). The van der Waals surface area contributed by atoms with Crippen molar-refractivity contribution in [3.05, 3.63) is 30.1 Å². The lowest BCUT2D eigenvalue weighted by Gasteiger charge is -2.17. The third kappa shape index (κ3) is 5.63. The summed E-state index contributed by atoms with van der Waals surface area (Å²) in [6.45, 7) is 12.0. The lowest BCUT2D eigenvalue weighted by atomic mass is 9.88. The average molecular weight is 264 g/mol. The molecular formula is C17H30NO+. The highest BCUT2D eigenvalue weighted by atomic mass is 16.7. The van der Waals surface area contributed by atoms with Crippen molar-refractivity contribution < 1.29 is 9.57 Å². The van der Waals surface area contributed by atoms with E-state index in [1.54, 1.807) is 0 Å². The quantitative estimate of drug-likeness (QED) is 0.680. The van der Waals surface area contributed by atoms with Crippen LogP contribution < -0.4 is 9.57 Å². The first-order chi connectivity index (χ1) is 8.97. The van der Waals surface area contributed by atoms with Crippen LogP contribution in [0.4, 0.5) is 0 Å². The van der Waals surface area contributed by atoms with Crippen molar-refractivity contribution >= 4 is 0 Å². The molecule has 2 nitrogen and oxygen atoms in total. The van der Waals surface area contributed by atoms with Crippen LogP contribution in [-0.2, 0) is 5.41 Å². The maximum atomic E-state index is 5.84. The van der Waals surface area contributed by atoms with Crippen molar-refractivity contribution in [2.45, 2.75) is 65.7 Å². The summed E-state index contributed by atoms with van der Waals surface area (Å²) in [6.07, 6.45) is 9.08. The van der Waals surface area contributed by atoms with Gasteiger partial charge in [0.05, 0.1) is 0 Å². The molecule has 0 aromatic carbocycles. The van der Waals surface area contributed by atoms with Crippen LogP contribution in [0.2, 0.25) is 0 Å². The fourth-order valence-electron chi connectivity index (χ4n) is 2.09. The van der Waals surface area contributed by atoms with Crippen molar-refractivity contribution in [1.82, 2.24) is 0 Å². The van der Waals surface area contributed by atoms with E-state index < -0.39 is 0 Å². The summed E-state index contributed by atoms with van der Waals surface area (Å²) in [4.78, 5) is 5.84. The van der Waals surface area contributed by atoms with Crippen LogP contribution in [0.15, 0.2) is 24.5 Å². The number of pyridine rings is 1. The predicted octanol–water partition coefficient (Wildman–Crippen LogP) is 3.92. The highest BCUT2D eigenvalue weighted by molar-refractivity contribution is 5.17. The second kappa shape index (κ2) is 7.52. The Morgan fingerprint density at radius 1 is 1.16 bits per heavy atom. The van der Waals surface area contributed by atoms with Crippen molar-refractivity contribution in [3.63, 3.8) is 0 Å². The SMILES string of the molecule is CCCCC(CC)CO[n+]1ccc(C(C)(C)C)cc1. The zero-order valence-corrected chi connectivity index (χ0v) is 13.3. The van der Waals surface area contributed by atoms with Crippen LogP contribution in [0.25, 0.3) is 0 Å². The molecule has 0 aliphatic rings. The molecule has 1 unspecified atom stereocenters. The minimum Gasteiger partial charge on any atom is -0.271 e. The molecule has 0 saturated heterocycles. The summed E-state index contributed by atoms with van der Waals surface area (Å²) in [5.41, 5.74) is 1.54. The number of nitrogens with zero attached hydrogens (tertiary/aromatic N) is 1. The van der Waals surface area contributed by atoms with E-state index >= 15 is 0 Å². The van der Waals surface area contributed by atoms with Crippen LogP contribution >= 0.6 is 0 Å². The summed E-state index contributed by atoms with van der Waals surface area (Å²) in [5.74, 6) is 0.676. The van der Waals surface area contributed by atoms with Gasteiger partial charge in [0.2, 0.25) is 12.4 Å². The van der Waals surface area contributed by atoms with E-state index in [0.717, 1.165) is 6.61 Å². The summed E-state index contributed by atoms with van der Waals surface area (Å²) in [7, 11) is 0. The van der Waals surface area contributed by atoms with Crippen LogP contribution in [0, 0.1) is 5.92 Å². The van der Waals surface area contributed by atoms with Gasteiger partial charge in [-0.3, -0.25) is 4.84 Å². The molecule has 1 aromatic rings. The topological polar surface area (TPSA) is 13.1 Å². The van der Waals surface area contributed by atoms with Gasteiger partial charge in [0.15, 0.2) is 6.61 Å². The van der Waals surface area contributed by atoms with E-state index in [4.69, 9.17) is 4.84 Å². The van der Waals surface area contributed by atoms with Gasteiger partial charge >= 0.3 is 0 Å². The van der Waals surface area contributed by atoms with Crippen molar-refractivity contribution in [2.24, 2.45) is 5.92 Å². The van der Waals surface area contributed by atoms with E-state index in [2.05, 4.69) is 46.8 Å². The Morgan fingerprint density at radius 2 is 1.79 bits per heavy atom. The normalized spacial score (nSPS) is 13.3. The predicted molar refractivity (Wildman–Crippen MR) is 80.1 cm³/mol. The Morgan fingerprint density at radius 3 is 2.26 bits per heavy atom. The lowest BCUT2D eigenvalue weighted by molar-refractivity contribution is -0.892. The zero-order valence-electron chi connectivity index (χ0n) is 13.3. The maximum absolute atomic E-state index is 5.84. The molecule has 108 valence electrons. The third-order valence-corrected chi connectivity index (χ3v) is 3.67. The van der Waals surface area contributed by atoms with Gasteiger partial charge in [-0.2, -0.15) is 0 Å². The Kier molecular flexibility index (Phi) is 6.33. The minimum atomic E-state index is 0.201. The van der Waals surface area contributed by atoms with E-state index in [9.17, 15) is 0 Å². The zero-order chi connectivity index (χ0) is 14.3. The summed E-state index contributed by atoms with van der Waals surface area (Å²) >= 11 is 0. The summed E-state index contributed by atoms with van der Waals surface area (Å²) in [6, 6.07) is 4.29. The standard InChI is InChI=1S/C17H30NO/c1-6-8-9-15(7-2)14-19-18-12-10-16(11-13-18)17(3,4)5/h10-13,15H,6-9,14H2,1-5H3/q+1. The smallest absolute Gasteiger partial charge is 0.222 e. The van der Waals surface area contributed by atoms with E-state index in [1.165, 1.54) is 31.2 Å². The Hall–Kier alpha value is -1.05. The largest absolute Gasteiger partial charge is 0.271 e. The van der Waals surface area contributed by atoms with Crippen LogP contribution in [0.3, 0.4) is 0 Å². The number of rotatable bonds is 7. The number of hydrogen-bond acceptors (Lipinski definition) is 1. The molecule has 1 atom stereocenters. The second-order valence-corrected chi connectivity index (χ2v) is 6.41. The van der Waals surface area contributed by atoms with Crippen LogP contribution in [0.5, 0.6) is 0 Å². The first kappa shape index (κ1) is 16.0. The molecule has 0 saturated carbocycles. The van der Waals surface area contributed by atoms with Crippen molar-refractivity contribution in [2.75, 3.05) is 6.61 Å². The second-order valence-electron chi connectivity index (χ2n) is 6.41. The van der Waals surface area contributed by atoms with Crippen molar-refractivity contribution in [1.29, 1.82) is 0 Å². The Bertz CT molecular complexity index is 351. The number of hydrogen-bond donors (Lipinski definition) is 0. The molecule has 0 amide bonds. The Labute approximate surface area is 118 Å². The van der Waals surface area contributed by atoms with E-state index in [0.29, 0.717) is 5.92 Å². The molecule has 1 heterocycles. The number of unbranched alkanes of at least 4 members (excludes halogenated alkanes) is 1. The van der Waals surface area contributed by atoms with Gasteiger partial charge < -0.3 is 0 Å². The fraction of sp³-hybridized carbons (Fsp3) is 0.706.